The van der Waals surface area contributed by atoms with Gasteiger partial charge in [0.15, 0.2) is 0 Å². The van der Waals surface area contributed by atoms with Crippen LogP contribution in [0.15, 0.2) is 16.6 Å². The SMILES string of the molecule is NCc1c([N+](=O)[O-])ccc(I)c1Br. The van der Waals surface area contributed by atoms with Crippen LogP contribution in [0.3, 0.4) is 0 Å². The molecule has 6 heteroatoms. The van der Waals surface area contributed by atoms with Crippen LogP contribution in [0, 0.1) is 13.7 Å². The molecule has 1 aromatic carbocycles. The van der Waals surface area contributed by atoms with E-state index in [1.165, 1.54) is 6.07 Å². The van der Waals surface area contributed by atoms with Crippen molar-refractivity contribution in [1.29, 1.82) is 0 Å². The lowest BCUT2D eigenvalue weighted by Gasteiger charge is -2.04. The van der Waals surface area contributed by atoms with Gasteiger partial charge in [-0.2, -0.15) is 0 Å². The fourth-order valence-corrected chi connectivity index (χ4v) is 1.95. The molecule has 4 nitrogen and oxygen atoms in total. The van der Waals surface area contributed by atoms with Crippen molar-refractivity contribution in [2.75, 3.05) is 0 Å². The van der Waals surface area contributed by atoms with Crippen LogP contribution >= 0.6 is 38.5 Å². The van der Waals surface area contributed by atoms with E-state index >= 15 is 0 Å². The van der Waals surface area contributed by atoms with Crippen molar-refractivity contribution < 1.29 is 4.92 Å². The highest BCUT2D eigenvalue weighted by molar-refractivity contribution is 14.1. The number of hydrogen-bond donors (Lipinski definition) is 1. The Bertz CT molecular complexity index is 357. The van der Waals surface area contributed by atoms with Gasteiger partial charge >= 0.3 is 0 Å². The second kappa shape index (κ2) is 4.34. The number of nitro benzene ring substituents is 1. The van der Waals surface area contributed by atoms with Crippen molar-refractivity contribution in [3.8, 4) is 0 Å². The van der Waals surface area contributed by atoms with E-state index in [0.717, 1.165) is 3.57 Å². The van der Waals surface area contributed by atoms with Crippen LogP contribution in [-0.4, -0.2) is 4.92 Å². The lowest BCUT2D eigenvalue weighted by atomic mass is 10.2. The standard InChI is InChI=1S/C7H6BrIN2O2/c8-7-4(3-10)6(11(12)13)2-1-5(7)9/h1-2H,3,10H2. The van der Waals surface area contributed by atoms with Gasteiger partial charge in [0.25, 0.3) is 5.69 Å². The summed E-state index contributed by atoms with van der Waals surface area (Å²) in [6.45, 7) is 0.160. The molecule has 0 saturated heterocycles. The first kappa shape index (κ1) is 10.9. The second-order valence-electron chi connectivity index (χ2n) is 2.32. The van der Waals surface area contributed by atoms with E-state index in [2.05, 4.69) is 38.5 Å². The van der Waals surface area contributed by atoms with Gasteiger partial charge in [-0.25, -0.2) is 0 Å². The van der Waals surface area contributed by atoms with Gasteiger partial charge in [0.05, 0.1) is 10.5 Å². The second-order valence-corrected chi connectivity index (χ2v) is 4.28. The van der Waals surface area contributed by atoms with E-state index in [9.17, 15) is 10.1 Å². The van der Waals surface area contributed by atoms with Crippen molar-refractivity contribution in [2.45, 2.75) is 6.54 Å². The van der Waals surface area contributed by atoms with Gasteiger partial charge in [0.1, 0.15) is 0 Å². The number of nitro groups is 1. The summed E-state index contributed by atoms with van der Waals surface area (Å²) >= 11 is 5.36. The third-order valence-corrected chi connectivity index (χ3v) is 4.12. The molecule has 0 fully saturated rings. The monoisotopic (exact) mass is 356 g/mol. The minimum Gasteiger partial charge on any atom is -0.326 e. The minimum absolute atomic E-state index is 0.0646. The van der Waals surface area contributed by atoms with Gasteiger partial charge < -0.3 is 5.73 Å². The van der Waals surface area contributed by atoms with Gasteiger partial charge in [-0.15, -0.1) is 0 Å². The lowest BCUT2D eigenvalue weighted by Crippen LogP contribution is -2.03. The molecule has 0 atom stereocenters. The van der Waals surface area contributed by atoms with Crippen molar-refractivity contribution >= 4 is 44.2 Å². The summed E-state index contributed by atoms with van der Waals surface area (Å²) in [6.07, 6.45) is 0. The Morgan fingerprint density at radius 2 is 2.23 bits per heavy atom. The summed E-state index contributed by atoms with van der Waals surface area (Å²) in [6, 6.07) is 3.15. The highest BCUT2D eigenvalue weighted by Crippen LogP contribution is 2.30. The van der Waals surface area contributed by atoms with E-state index in [0.29, 0.717) is 10.0 Å². The molecular formula is C7H6BrIN2O2. The molecule has 0 amide bonds. The van der Waals surface area contributed by atoms with E-state index in [4.69, 9.17) is 5.73 Å². The Balaban J connectivity index is 3.38. The van der Waals surface area contributed by atoms with Crippen molar-refractivity contribution in [1.82, 2.24) is 0 Å². The summed E-state index contributed by atoms with van der Waals surface area (Å²) in [5, 5.41) is 10.6. The zero-order valence-electron chi connectivity index (χ0n) is 6.46. The molecule has 0 aliphatic rings. The normalized spacial score (nSPS) is 10.1. The molecule has 0 heterocycles. The highest BCUT2D eigenvalue weighted by atomic mass is 127. The van der Waals surface area contributed by atoms with Crippen molar-refractivity contribution in [3.05, 3.63) is 35.9 Å². The van der Waals surface area contributed by atoms with Crippen LogP contribution in [-0.2, 0) is 6.54 Å². The largest absolute Gasteiger partial charge is 0.326 e. The Hall–Kier alpha value is -0.210. The maximum atomic E-state index is 10.6. The first-order chi connectivity index (χ1) is 6.07. The van der Waals surface area contributed by atoms with E-state index in [-0.39, 0.29) is 12.2 Å². The maximum absolute atomic E-state index is 10.6. The zero-order valence-corrected chi connectivity index (χ0v) is 10.2. The summed E-state index contributed by atoms with van der Waals surface area (Å²) in [4.78, 5) is 10.1. The third-order valence-electron chi connectivity index (χ3n) is 1.57. The fraction of sp³-hybridized carbons (Fsp3) is 0.143. The average Bonchev–Trinajstić information content (AvgIpc) is 2.09. The van der Waals surface area contributed by atoms with Gasteiger partial charge in [0.2, 0.25) is 0 Å². The average molecular weight is 357 g/mol. The predicted molar refractivity (Wildman–Crippen MR) is 61.4 cm³/mol. The molecule has 0 aliphatic carbocycles. The molecule has 0 aliphatic heterocycles. The van der Waals surface area contributed by atoms with Gasteiger partial charge in [-0.05, 0) is 44.6 Å². The molecule has 0 aromatic heterocycles. The molecule has 2 N–H and O–H groups in total. The van der Waals surface area contributed by atoms with Crippen LogP contribution in [0.25, 0.3) is 0 Å². The van der Waals surface area contributed by atoms with Crippen LogP contribution in [0.2, 0.25) is 0 Å². The number of nitrogens with two attached hydrogens (primary N) is 1. The minimum atomic E-state index is -0.428. The quantitative estimate of drug-likeness (QED) is 0.502. The lowest BCUT2D eigenvalue weighted by molar-refractivity contribution is -0.385. The van der Waals surface area contributed by atoms with Gasteiger partial charge in [-0.3, -0.25) is 10.1 Å². The third kappa shape index (κ3) is 2.18. The number of nitrogens with zero attached hydrogens (tertiary/aromatic N) is 1. The van der Waals surface area contributed by atoms with Crippen molar-refractivity contribution in [3.63, 3.8) is 0 Å². The Labute approximate surface area is 96.9 Å². The molecule has 1 rings (SSSR count). The Kier molecular flexibility index (Phi) is 3.63. The van der Waals surface area contributed by atoms with E-state index in [1.807, 2.05) is 0 Å². The van der Waals surface area contributed by atoms with E-state index in [1.54, 1.807) is 6.07 Å². The molecule has 0 radical (unpaired) electrons. The van der Waals surface area contributed by atoms with Gasteiger partial charge in [-0.1, -0.05) is 0 Å². The molecule has 0 saturated carbocycles. The first-order valence-corrected chi connectivity index (χ1v) is 5.26. The summed E-state index contributed by atoms with van der Waals surface area (Å²) in [5.74, 6) is 0. The smallest absolute Gasteiger partial charge is 0.275 e. The van der Waals surface area contributed by atoms with Gasteiger partial charge in [0, 0.05) is 20.7 Å². The van der Waals surface area contributed by atoms with Crippen molar-refractivity contribution in [2.24, 2.45) is 5.73 Å². The predicted octanol–water partition coefficient (Wildman–Crippen LogP) is 2.42. The molecular weight excluding hydrogens is 351 g/mol. The van der Waals surface area contributed by atoms with Crippen LogP contribution in [0.5, 0.6) is 0 Å². The number of halogens is 2. The number of benzene rings is 1. The van der Waals surface area contributed by atoms with Crippen LogP contribution in [0.4, 0.5) is 5.69 Å². The van der Waals surface area contributed by atoms with Crippen LogP contribution in [0.1, 0.15) is 5.56 Å². The molecule has 13 heavy (non-hydrogen) atoms. The Morgan fingerprint density at radius 3 is 2.69 bits per heavy atom. The summed E-state index contributed by atoms with van der Waals surface area (Å²) in [7, 11) is 0. The summed E-state index contributed by atoms with van der Waals surface area (Å²) in [5.41, 5.74) is 6.02. The molecule has 1 aromatic rings. The summed E-state index contributed by atoms with van der Waals surface area (Å²) < 4.78 is 1.63. The fourth-order valence-electron chi connectivity index (χ4n) is 0.948. The molecule has 0 bridgehead atoms. The topological polar surface area (TPSA) is 69.2 Å². The molecule has 0 unspecified atom stereocenters. The number of hydrogen-bond acceptors (Lipinski definition) is 3. The molecule has 0 spiro atoms. The Morgan fingerprint density at radius 1 is 1.62 bits per heavy atom. The maximum Gasteiger partial charge on any atom is 0.275 e. The highest BCUT2D eigenvalue weighted by Gasteiger charge is 2.16. The molecule has 70 valence electrons. The first-order valence-electron chi connectivity index (χ1n) is 3.39. The van der Waals surface area contributed by atoms with Crippen LogP contribution < -0.4 is 5.73 Å². The number of rotatable bonds is 2. The van der Waals surface area contributed by atoms with E-state index < -0.39 is 4.92 Å². The zero-order chi connectivity index (χ0) is 10.0.